The lowest BCUT2D eigenvalue weighted by molar-refractivity contribution is 0.0677. The van der Waals surface area contributed by atoms with Crippen LogP contribution < -0.4 is 0 Å². The Morgan fingerprint density at radius 1 is 1.36 bits per heavy atom. The highest BCUT2D eigenvalue weighted by Gasteiger charge is 2.24. The Morgan fingerprint density at radius 3 is 2.86 bits per heavy atom. The fraction of sp³-hybridized carbons (Fsp3) is 0.438. The fourth-order valence-electron chi connectivity index (χ4n) is 2.79. The van der Waals surface area contributed by atoms with Crippen LogP contribution in [-0.2, 0) is 6.54 Å². The normalized spacial score (nSPS) is 18.5. The fourth-order valence-corrected chi connectivity index (χ4v) is 2.91. The van der Waals surface area contributed by atoms with Gasteiger partial charge < -0.3 is 4.90 Å². The van der Waals surface area contributed by atoms with Crippen LogP contribution in [0.25, 0.3) is 0 Å². The maximum absolute atomic E-state index is 12.4. The number of halogens is 1. The summed E-state index contributed by atoms with van der Waals surface area (Å²) in [6.45, 7) is 4.38. The number of benzene rings is 1. The van der Waals surface area contributed by atoms with Gasteiger partial charge in [-0.05, 0) is 36.5 Å². The van der Waals surface area contributed by atoms with Crippen LogP contribution in [-0.4, -0.2) is 38.9 Å². The standard InChI is InChI=1S/C16H19ClN4O/c1-12-3-2-8-20(9-12)16(22)15-11-21(19-18-15)10-13-4-6-14(17)7-5-13/h4-7,11-12H,2-3,8-10H2,1H3/t12-/m0/s1. The lowest BCUT2D eigenvalue weighted by atomic mass is 10.0. The van der Waals surface area contributed by atoms with Crippen LogP contribution in [0.5, 0.6) is 0 Å². The molecule has 2 heterocycles. The molecule has 0 N–H and O–H groups in total. The number of hydrogen-bond acceptors (Lipinski definition) is 3. The molecule has 0 aliphatic carbocycles. The summed E-state index contributed by atoms with van der Waals surface area (Å²) in [6.07, 6.45) is 3.97. The average Bonchev–Trinajstić information content (AvgIpc) is 2.97. The van der Waals surface area contributed by atoms with Gasteiger partial charge in [0.15, 0.2) is 5.69 Å². The molecule has 116 valence electrons. The van der Waals surface area contributed by atoms with E-state index < -0.39 is 0 Å². The van der Waals surface area contributed by atoms with E-state index in [-0.39, 0.29) is 5.91 Å². The van der Waals surface area contributed by atoms with Gasteiger partial charge in [-0.25, -0.2) is 4.68 Å². The second kappa shape index (κ2) is 6.48. The van der Waals surface area contributed by atoms with Crippen LogP contribution >= 0.6 is 11.6 Å². The highest BCUT2D eigenvalue weighted by atomic mass is 35.5. The quantitative estimate of drug-likeness (QED) is 0.874. The first kappa shape index (κ1) is 15.0. The van der Waals surface area contributed by atoms with Gasteiger partial charge in [-0.15, -0.1) is 5.10 Å². The minimum Gasteiger partial charge on any atom is -0.337 e. The summed E-state index contributed by atoms with van der Waals surface area (Å²) in [7, 11) is 0. The molecule has 0 unspecified atom stereocenters. The Morgan fingerprint density at radius 2 is 2.14 bits per heavy atom. The van der Waals surface area contributed by atoms with E-state index in [1.54, 1.807) is 10.9 Å². The second-order valence-corrected chi connectivity index (χ2v) is 6.36. The topological polar surface area (TPSA) is 51.0 Å². The van der Waals surface area contributed by atoms with E-state index in [1.807, 2.05) is 29.2 Å². The molecule has 5 nitrogen and oxygen atoms in total. The van der Waals surface area contributed by atoms with E-state index in [0.717, 1.165) is 25.1 Å². The van der Waals surface area contributed by atoms with Crippen molar-refractivity contribution in [3.8, 4) is 0 Å². The van der Waals surface area contributed by atoms with E-state index in [4.69, 9.17) is 11.6 Å². The molecular formula is C16H19ClN4O. The van der Waals surface area contributed by atoms with Gasteiger partial charge in [-0.2, -0.15) is 0 Å². The molecule has 6 heteroatoms. The Kier molecular flexibility index (Phi) is 4.43. The number of aromatic nitrogens is 3. The minimum atomic E-state index is -0.0195. The maximum Gasteiger partial charge on any atom is 0.276 e. The smallest absolute Gasteiger partial charge is 0.276 e. The molecule has 1 amide bonds. The molecule has 1 fully saturated rings. The van der Waals surface area contributed by atoms with E-state index in [9.17, 15) is 4.79 Å². The molecule has 2 aromatic rings. The lowest BCUT2D eigenvalue weighted by Crippen LogP contribution is -2.39. The third kappa shape index (κ3) is 3.47. The van der Waals surface area contributed by atoms with Gasteiger partial charge in [0.05, 0.1) is 12.7 Å². The molecule has 1 atom stereocenters. The summed E-state index contributed by atoms with van der Waals surface area (Å²) in [6, 6.07) is 7.57. The molecule has 1 saturated heterocycles. The van der Waals surface area contributed by atoms with Gasteiger partial charge in [0.25, 0.3) is 5.91 Å². The highest BCUT2D eigenvalue weighted by Crippen LogP contribution is 2.17. The zero-order valence-electron chi connectivity index (χ0n) is 12.6. The van der Waals surface area contributed by atoms with E-state index >= 15 is 0 Å². The summed E-state index contributed by atoms with van der Waals surface area (Å²) in [5, 5.41) is 8.79. The van der Waals surface area contributed by atoms with Gasteiger partial charge in [0.2, 0.25) is 0 Å². The molecule has 22 heavy (non-hydrogen) atoms. The first-order valence-corrected chi connectivity index (χ1v) is 7.93. The molecule has 1 aliphatic rings. The Bertz CT molecular complexity index is 652. The van der Waals surface area contributed by atoms with Crippen molar-refractivity contribution in [2.24, 2.45) is 5.92 Å². The molecule has 3 rings (SSSR count). The van der Waals surface area contributed by atoms with Gasteiger partial charge in [0.1, 0.15) is 0 Å². The third-order valence-electron chi connectivity index (χ3n) is 3.96. The number of nitrogens with zero attached hydrogens (tertiary/aromatic N) is 4. The molecule has 0 bridgehead atoms. The monoisotopic (exact) mass is 318 g/mol. The summed E-state index contributed by atoms with van der Waals surface area (Å²) in [5.74, 6) is 0.538. The third-order valence-corrected chi connectivity index (χ3v) is 4.21. The van der Waals surface area contributed by atoms with Crippen molar-refractivity contribution in [3.05, 3.63) is 46.7 Å². The van der Waals surface area contributed by atoms with Crippen LogP contribution in [0.1, 0.15) is 35.8 Å². The van der Waals surface area contributed by atoms with Crippen molar-refractivity contribution in [1.29, 1.82) is 0 Å². The average molecular weight is 319 g/mol. The van der Waals surface area contributed by atoms with Crippen LogP contribution in [0, 0.1) is 5.92 Å². The molecule has 0 spiro atoms. The number of likely N-dealkylation sites (tertiary alicyclic amines) is 1. The summed E-state index contributed by atoms with van der Waals surface area (Å²) in [4.78, 5) is 14.3. The van der Waals surface area contributed by atoms with Gasteiger partial charge in [-0.3, -0.25) is 4.79 Å². The van der Waals surface area contributed by atoms with E-state index in [1.165, 1.54) is 6.42 Å². The first-order chi connectivity index (χ1) is 10.6. The number of carbonyl (C=O) groups is 1. The molecule has 1 aromatic carbocycles. The largest absolute Gasteiger partial charge is 0.337 e. The van der Waals surface area contributed by atoms with Crippen molar-refractivity contribution in [2.45, 2.75) is 26.3 Å². The zero-order valence-corrected chi connectivity index (χ0v) is 13.3. The predicted octanol–water partition coefficient (Wildman–Crippen LogP) is 2.85. The van der Waals surface area contributed by atoms with Crippen LogP contribution in [0.3, 0.4) is 0 Å². The molecular weight excluding hydrogens is 300 g/mol. The van der Waals surface area contributed by atoms with Crippen molar-refractivity contribution in [3.63, 3.8) is 0 Å². The minimum absolute atomic E-state index is 0.0195. The maximum atomic E-state index is 12.4. The van der Waals surface area contributed by atoms with Crippen molar-refractivity contribution in [1.82, 2.24) is 19.9 Å². The molecule has 0 saturated carbocycles. The summed E-state index contributed by atoms with van der Waals surface area (Å²) < 4.78 is 1.68. The van der Waals surface area contributed by atoms with Crippen molar-refractivity contribution >= 4 is 17.5 Å². The molecule has 1 aliphatic heterocycles. The van der Waals surface area contributed by atoms with Crippen LogP contribution in [0.2, 0.25) is 5.02 Å². The SMILES string of the molecule is C[C@H]1CCCN(C(=O)c2cn(Cc3ccc(Cl)cc3)nn2)C1. The Hall–Kier alpha value is -1.88. The van der Waals surface area contributed by atoms with Gasteiger partial charge in [-0.1, -0.05) is 35.9 Å². The number of piperidine rings is 1. The van der Waals surface area contributed by atoms with E-state index in [0.29, 0.717) is 23.2 Å². The lowest BCUT2D eigenvalue weighted by Gasteiger charge is -2.30. The van der Waals surface area contributed by atoms with Crippen LogP contribution in [0.4, 0.5) is 0 Å². The second-order valence-electron chi connectivity index (χ2n) is 5.93. The van der Waals surface area contributed by atoms with E-state index in [2.05, 4.69) is 17.2 Å². The number of amides is 1. The zero-order chi connectivity index (χ0) is 15.5. The van der Waals surface area contributed by atoms with Gasteiger partial charge >= 0.3 is 0 Å². The number of carbonyl (C=O) groups excluding carboxylic acids is 1. The molecule has 0 radical (unpaired) electrons. The molecule has 1 aromatic heterocycles. The predicted molar refractivity (Wildman–Crippen MR) is 84.9 cm³/mol. The summed E-state index contributed by atoms with van der Waals surface area (Å²) >= 11 is 5.87. The summed E-state index contributed by atoms with van der Waals surface area (Å²) in [5.41, 5.74) is 1.49. The Labute approximate surface area is 134 Å². The Balaban J connectivity index is 1.67. The van der Waals surface area contributed by atoms with Crippen molar-refractivity contribution < 1.29 is 4.79 Å². The number of rotatable bonds is 3. The van der Waals surface area contributed by atoms with Crippen molar-refractivity contribution in [2.75, 3.05) is 13.1 Å². The highest BCUT2D eigenvalue weighted by molar-refractivity contribution is 6.30. The number of hydrogen-bond donors (Lipinski definition) is 0. The van der Waals surface area contributed by atoms with Gasteiger partial charge in [0, 0.05) is 18.1 Å². The van der Waals surface area contributed by atoms with Crippen LogP contribution in [0.15, 0.2) is 30.5 Å². The first-order valence-electron chi connectivity index (χ1n) is 7.55.